The predicted octanol–water partition coefficient (Wildman–Crippen LogP) is 1.40. The lowest BCUT2D eigenvalue weighted by atomic mass is 10.1. The molecule has 0 saturated carbocycles. The first-order valence-electron chi connectivity index (χ1n) is 5.32. The highest BCUT2D eigenvalue weighted by Gasteiger charge is 2.19. The monoisotopic (exact) mass is 253 g/mol. The summed E-state index contributed by atoms with van der Waals surface area (Å²) in [6.07, 6.45) is 0.327. The van der Waals surface area contributed by atoms with Gasteiger partial charge in [0.2, 0.25) is 5.91 Å². The maximum absolute atomic E-state index is 12.0. The van der Waals surface area contributed by atoms with Crippen LogP contribution in [-0.2, 0) is 4.79 Å². The molecule has 0 unspecified atom stereocenters. The van der Waals surface area contributed by atoms with Crippen LogP contribution in [0, 0.1) is 0 Å². The van der Waals surface area contributed by atoms with Crippen molar-refractivity contribution < 1.29 is 14.7 Å². The molecule has 2 N–H and O–H groups in total. The Labute approximate surface area is 105 Å². The zero-order valence-corrected chi connectivity index (χ0v) is 10.4. The number of phenols is 1. The average Bonchev–Trinajstić information content (AvgIpc) is 2.35. The Hall–Kier alpha value is -1.49. The zero-order chi connectivity index (χ0) is 12.8. The van der Waals surface area contributed by atoms with Crippen molar-refractivity contribution in [3.05, 3.63) is 29.8 Å². The zero-order valence-electron chi connectivity index (χ0n) is 9.51. The van der Waals surface area contributed by atoms with Gasteiger partial charge in [0.25, 0.3) is 0 Å². The standard InChI is InChI=1S/C12H15NO3S/c1-2-11(15)13-10(7-17)12(16)8-3-5-9(14)6-4-8/h3-6,10,14,17H,2,7H2,1H3,(H,13,15)/t10-/m0/s1. The minimum atomic E-state index is -0.629. The van der Waals surface area contributed by atoms with Crippen LogP contribution in [0.3, 0.4) is 0 Å². The van der Waals surface area contributed by atoms with Crippen LogP contribution in [0.2, 0.25) is 0 Å². The number of rotatable bonds is 5. The van der Waals surface area contributed by atoms with Crippen LogP contribution in [0.1, 0.15) is 23.7 Å². The van der Waals surface area contributed by atoms with E-state index < -0.39 is 6.04 Å². The molecule has 0 aliphatic rings. The van der Waals surface area contributed by atoms with Crippen molar-refractivity contribution in [2.24, 2.45) is 0 Å². The van der Waals surface area contributed by atoms with Gasteiger partial charge in [-0.1, -0.05) is 6.92 Å². The number of nitrogens with one attached hydrogen (secondary N) is 1. The highest BCUT2D eigenvalue weighted by Crippen LogP contribution is 2.12. The maximum atomic E-state index is 12.0. The van der Waals surface area contributed by atoms with Crippen LogP contribution < -0.4 is 5.32 Å². The van der Waals surface area contributed by atoms with Crippen LogP contribution >= 0.6 is 12.6 Å². The predicted molar refractivity (Wildman–Crippen MR) is 68.5 cm³/mol. The van der Waals surface area contributed by atoms with Crippen molar-refractivity contribution in [2.75, 3.05) is 5.75 Å². The molecule has 0 aromatic heterocycles. The van der Waals surface area contributed by atoms with E-state index in [9.17, 15) is 9.59 Å². The fourth-order valence-corrected chi connectivity index (χ4v) is 1.57. The first-order chi connectivity index (χ1) is 8.08. The summed E-state index contributed by atoms with van der Waals surface area (Å²) < 4.78 is 0. The number of thiol groups is 1. The summed E-state index contributed by atoms with van der Waals surface area (Å²) >= 11 is 4.05. The second kappa shape index (κ2) is 6.30. The number of carbonyl (C=O) groups excluding carboxylic acids is 2. The van der Waals surface area contributed by atoms with Crippen LogP contribution in [0.15, 0.2) is 24.3 Å². The highest BCUT2D eigenvalue weighted by atomic mass is 32.1. The van der Waals surface area contributed by atoms with Gasteiger partial charge in [0.15, 0.2) is 5.78 Å². The minimum absolute atomic E-state index is 0.0987. The van der Waals surface area contributed by atoms with Crippen LogP contribution in [0.4, 0.5) is 0 Å². The van der Waals surface area contributed by atoms with E-state index in [2.05, 4.69) is 17.9 Å². The topological polar surface area (TPSA) is 66.4 Å². The number of carbonyl (C=O) groups is 2. The van der Waals surface area contributed by atoms with Gasteiger partial charge in [-0.3, -0.25) is 9.59 Å². The molecule has 0 radical (unpaired) electrons. The second-order valence-electron chi connectivity index (χ2n) is 3.57. The molecule has 1 amide bonds. The van der Waals surface area contributed by atoms with Gasteiger partial charge in [0.1, 0.15) is 11.8 Å². The van der Waals surface area contributed by atoms with Gasteiger partial charge < -0.3 is 10.4 Å². The Morgan fingerprint density at radius 3 is 2.41 bits per heavy atom. The van der Waals surface area contributed by atoms with E-state index in [1.54, 1.807) is 6.92 Å². The highest BCUT2D eigenvalue weighted by molar-refractivity contribution is 7.80. The lowest BCUT2D eigenvalue weighted by Crippen LogP contribution is -2.41. The van der Waals surface area contributed by atoms with Gasteiger partial charge in [-0.2, -0.15) is 12.6 Å². The van der Waals surface area contributed by atoms with Crippen molar-refractivity contribution in [3.63, 3.8) is 0 Å². The van der Waals surface area contributed by atoms with Crippen LogP contribution in [0.5, 0.6) is 5.75 Å². The van der Waals surface area contributed by atoms with Crippen molar-refractivity contribution >= 4 is 24.3 Å². The number of aromatic hydroxyl groups is 1. The summed E-state index contributed by atoms with van der Waals surface area (Å²) in [5, 5.41) is 11.7. The smallest absolute Gasteiger partial charge is 0.220 e. The van der Waals surface area contributed by atoms with Crippen molar-refractivity contribution in [1.82, 2.24) is 5.32 Å². The summed E-state index contributed by atoms with van der Waals surface area (Å²) in [5.74, 6) is -0.0506. The normalized spacial score (nSPS) is 11.9. The van der Waals surface area contributed by atoms with E-state index in [1.165, 1.54) is 24.3 Å². The molecular weight excluding hydrogens is 238 g/mol. The Kier molecular flexibility index (Phi) is 5.03. The lowest BCUT2D eigenvalue weighted by Gasteiger charge is -2.14. The third-order valence-corrected chi connectivity index (χ3v) is 2.67. The molecule has 1 aromatic carbocycles. The SMILES string of the molecule is CCC(=O)N[C@@H](CS)C(=O)c1ccc(O)cc1. The molecular formula is C12H15NO3S. The Balaban J connectivity index is 2.78. The molecule has 0 saturated heterocycles. The molecule has 17 heavy (non-hydrogen) atoms. The summed E-state index contributed by atoms with van der Waals surface area (Å²) in [5.41, 5.74) is 0.443. The fraction of sp³-hybridized carbons (Fsp3) is 0.333. The molecule has 0 fully saturated rings. The Bertz CT molecular complexity index is 403. The van der Waals surface area contributed by atoms with Gasteiger partial charge in [-0.15, -0.1) is 0 Å². The number of ketones is 1. The number of Topliss-reactive ketones (excluding diaryl/α,β-unsaturated/α-hetero) is 1. The van der Waals surface area contributed by atoms with Gasteiger partial charge in [0, 0.05) is 17.7 Å². The first-order valence-corrected chi connectivity index (χ1v) is 5.95. The molecule has 0 bridgehead atoms. The lowest BCUT2D eigenvalue weighted by molar-refractivity contribution is -0.121. The fourth-order valence-electron chi connectivity index (χ4n) is 1.32. The first kappa shape index (κ1) is 13.6. The number of amides is 1. The van der Waals surface area contributed by atoms with Crippen molar-refractivity contribution in [2.45, 2.75) is 19.4 Å². The molecule has 4 nitrogen and oxygen atoms in total. The largest absolute Gasteiger partial charge is 0.508 e. The third-order valence-electron chi connectivity index (χ3n) is 2.31. The van der Waals surface area contributed by atoms with Crippen LogP contribution in [0.25, 0.3) is 0 Å². The van der Waals surface area contributed by atoms with E-state index in [-0.39, 0.29) is 23.2 Å². The van der Waals surface area contributed by atoms with E-state index >= 15 is 0 Å². The molecule has 1 atom stereocenters. The maximum Gasteiger partial charge on any atom is 0.220 e. The number of hydrogen-bond donors (Lipinski definition) is 3. The van der Waals surface area contributed by atoms with Crippen LogP contribution in [-0.4, -0.2) is 28.6 Å². The second-order valence-corrected chi connectivity index (χ2v) is 3.93. The molecule has 0 heterocycles. The number of benzene rings is 1. The van der Waals surface area contributed by atoms with E-state index in [1.807, 2.05) is 0 Å². The number of hydrogen-bond acceptors (Lipinski definition) is 4. The van der Waals surface area contributed by atoms with Gasteiger partial charge >= 0.3 is 0 Å². The summed E-state index contributed by atoms with van der Waals surface area (Å²) in [6, 6.07) is 5.28. The third kappa shape index (κ3) is 3.78. The van der Waals surface area contributed by atoms with Gasteiger partial charge in [-0.25, -0.2) is 0 Å². The Morgan fingerprint density at radius 2 is 1.94 bits per heavy atom. The van der Waals surface area contributed by atoms with Gasteiger partial charge in [-0.05, 0) is 24.3 Å². The van der Waals surface area contributed by atoms with Gasteiger partial charge in [0.05, 0.1) is 0 Å². The Morgan fingerprint density at radius 1 is 1.35 bits per heavy atom. The van der Waals surface area contributed by atoms with Crippen molar-refractivity contribution in [3.8, 4) is 5.75 Å². The number of phenolic OH excluding ortho intramolecular Hbond substituents is 1. The molecule has 0 aliphatic carbocycles. The van der Waals surface area contributed by atoms with E-state index in [4.69, 9.17) is 5.11 Å². The molecule has 5 heteroatoms. The molecule has 1 aromatic rings. The van der Waals surface area contributed by atoms with E-state index in [0.29, 0.717) is 12.0 Å². The molecule has 92 valence electrons. The van der Waals surface area contributed by atoms with E-state index in [0.717, 1.165) is 0 Å². The average molecular weight is 253 g/mol. The summed E-state index contributed by atoms with van der Waals surface area (Å²) in [6.45, 7) is 1.72. The molecule has 0 aliphatic heterocycles. The quantitative estimate of drug-likeness (QED) is 0.549. The van der Waals surface area contributed by atoms with Crippen molar-refractivity contribution in [1.29, 1.82) is 0 Å². The molecule has 1 rings (SSSR count). The summed E-state index contributed by atoms with van der Waals surface area (Å²) in [4.78, 5) is 23.2. The molecule has 0 spiro atoms. The minimum Gasteiger partial charge on any atom is -0.508 e. The summed E-state index contributed by atoms with van der Waals surface area (Å²) in [7, 11) is 0.